The molecule has 0 heteroatoms. The van der Waals surface area contributed by atoms with Gasteiger partial charge in [-0.3, -0.25) is 0 Å². The molecule has 2 aliphatic rings. The van der Waals surface area contributed by atoms with Crippen molar-refractivity contribution in [3.05, 3.63) is 0 Å². The SMILES string of the molecule is CC.CC(C)C1CCCC1C.CCC(C)(C)CCC1CCCCC(CC(C)(C)C)CC1. The highest BCUT2D eigenvalue weighted by Crippen LogP contribution is 2.38. The van der Waals surface area contributed by atoms with E-state index in [2.05, 4.69) is 62.3 Å². The molecule has 0 aliphatic heterocycles. The van der Waals surface area contributed by atoms with E-state index < -0.39 is 0 Å². The van der Waals surface area contributed by atoms with Gasteiger partial charge in [-0.15, -0.1) is 0 Å². The highest BCUT2D eigenvalue weighted by Gasteiger charge is 2.25. The summed E-state index contributed by atoms with van der Waals surface area (Å²) in [6, 6.07) is 0. The Balaban J connectivity index is 0.000000679. The summed E-state index contributed by atoms with van der Waals surface area (Å²) in [5.41, 5.74) is 1.08. The molecule has 0 saturated heterocycles. The minimum Gasteiger partial charge on any atom is -0.0683 e. The fourth-order valence-corrected chi connectivity index (χ4v) is 5.92. The van der Waals surface area contributed by atoms with Gasteiger partial charge in [-0.1, -0.05) is 134 Å². The molecular weight excluding hydrogens is 372 g/mol. The van der Waals surface area contributed by atoms with Gasteiger partial charge in [-0.2, -0.15) is 0 Å². The average Bonchev–Trinajstić information content (AvgIpc) is 3.11. The van der Waals surface area contributed by atoms with E-state index in [0.29, 0.717) is 10.8 Å². The lowest BCUT2D eigenvalue weighted by Crippen LogP contribution is -2.18. The third-order valence-corrected chi connectivity index (χ3v) is 8.33. The molecule has 0 N–H and O–H groups in total. The van der Waals surface area contributed by atoms with Crippen molar-refractivity contribution < 1.29 is 0 Å². The molecule has 2 saturated carbocycles. The lowest BCUT2D eigenvalue weighted by Gasteiger charge is -2.31. The van der Waals surface area contributed by atoms with E-state index in [4.69, 9.17) is 0 Å². The minimum atomic E-state index is 0.517. The molecule has 31 heavy (non-hydrogen) atoms. The monoisotopic (exact) mass is 437 g/mol. The summed E-state index contributed by atoms with van der Waals surface area (Å²) >= 11 is 0. The summed E-state index contributed by atoms with van der Waals surface area (Å²) in [5, 5.41) is 0. The second kappa shape index (κ2) is 15.8. The van der Waals surface area contributed by atoms with E-state index in [9.17, 15) is 0 Å². The van der Waals surface area contributed by atoms with Gasteiger partial charge in [0.25, 0.3) is 0 Å². The zero-order valence-electron chi connectivity index (χ0n) is 24.1. The number of hydrogen-bond acceptors (Lipinski definition) is 0. The third-order valence-electron chi connectivity index (χ3n) is 8.33. The quantitative estimate of drug-likeness (QED) is 0.388. The van der Waals surface area contributed by atoms with E-state index >= 15 is 0 Å². The Labute approximate surface area is 200 Å². The lowest BCUT2D eigenvalue weighted by molar-refractivity contribution is 0.212. The van der Waals surface area contributed by atoms with Crippen LogP contribution in [0.5, 0.6) is 0 Å². The van der Waals surface area contributed by atoms with E-state index in [1.54, 1.807) is 0 Å². The molecular formula is C31H64. The van der Waals surface area contributed by atoms with Crippen LogP contribution in [0.3, 0.4) is 0 Å². The summed E-state index contributed by atoms with van der Waals surface area (Å²) in [4.78, 5) is 0. The van der Waals surface area contributed by atoms with Crippen molar-refractivity contribution in [2.75, 3.05) is 0 Å². The van der Waals surface area contributed by atoms with Crippen LogP contribution >= 0.6 is 0 Å². The Morgan fingerprint density at radius 3 is 1.71 bits per heavy atom. The Bertz CT molecular complexity index is 410. The topological polar surface area (TPSA) is 0 Å². The summed E-state index contributed by atoms with van der Waals surface area (Å²) in [6.07, 6.45) is 19.0. The second-order valence-electron chi connectivity index (χ2n) is 13.2. The molecule has 2 fully saturated rings. The maximum absolute atomic E-state index is 2.44. The van der Waals surface area contributed by atoms with Gasteiger partial charge in [0.15, 0.2) is 0 Å². The van der Waals surface area contributed by atoms with Crippen molar-refractivity contribution in [1.29, 1.82) is 0 Å². The normalized spacial score (nSPS) is 27.5. The van der Waals surface area contributed by atoms with Crippen LogP contribution < -0.4 is 0 Å². The molecule has 0 radical (unpaired) electrons. The van der Waals surface area contributed by atoms with Crippen molar-refractivity contribution >= 4 is 0 Å². The van der Waals surface area contributed by atoms with E-state index in [-0.39, 0.29) is 0 Å². The second-order valence-corrected chi connectivity index (χ2v) is 13.2. The fraction of sp³-hybridized carbons (Fsp3) is 1.00. The van der Waals surface area contributed by atoms with E-state index in [0.717, 1.165) is 29.6 Å². The van der Waals surface area contributed by atoms with E-state index in [1.165, 1.54) is 83.5 Å². The Hall–Kier alpha value is 0. The summed E-state index contributed by atoms with van der Waals surface area (Å²) < 4.78 is 0. The van der Waals surface area contributed by atoms with Crippen molar-refractivity contribution in [3.63, 3.8) is 0 Å². The van der Waals surface area contributed by atoms with Gasteiger partial charge in [-0.25, -0.2) is 0 Å². The predicted octanol–water partition coefficient (Wildman–Crippen LogP) is 11.3. The molecule has 0 aromatic rings. The molecule has 0 amide bonds. The van der Waals surface area contributed by atoms with E-state index in [1.807, 2.05) is 13.8 Å². The maximum Gasteiger partial charge on any atom is -0.0357 e. The van der Waals surface area contributed by atoms with Crippen LogP contribution in [0.1, 0.15) is 160 Å². The molecule has 0 aromatic carbocycles. The first-order valence-electron chi connectivity index (χ1n) is 14.4. The van der Waals surface area contributed by atoms with Gasteiger partial charge >= 0.3 is 0 Å². The van der Waals surface area contributed by atoms with Crippen molar-refractivity contribution in [3.8, 4) is 0 Å². The number of hydrogen-bond donors (Lipinski definition) is 0. The minimum absolute atomic E-state index is 0.517. The Morgan fingerprint density at radius 1 is 0.742 bits per heavy atom. The largest absolute Gasteiger partial charge is 0.0683 e. The van der Waals surface area contributed by atoms with Crippen molar-refractivity contribution in [2.45, 2.75) is 160 Å². The first-order valence-corrected chi connectivity index (χ1v) is 14.4. The van der Waals surface area contributed by atoms with Crippen LogP contribution in [0.2, 0.25) is 0 Å². The smallest absolute Gasteiger partial charge is 0.0357 e. The summed E-state index contributed by atoms with van der Waals surface area (Å²) in [6.45, 7) is 25.6. The highest BCUT2D eigenvalue weighted by atomic mass is 14.3. The molecule has 188 valence electrons. The van der Waals surface area contributed by atoms with Crippen molar-refractivity contribution in [1.82, 2.24) is 0 Å². The molecule has 0 aromatic heterocycles. The average molecular weight is 437 g/mol. The molecule has 0 spiro atoms. The highest BCUT2D eigenvalue weighted by molar-refractivity contribution is 4.77. The van der Waals surface area contributed by atoms with Gasteiger partial charge in [0.05, 0.1) is 0 Å². The predicted molar refractivity (Wildman–Crippen MR) is 145 cm³/mol. The summed E-state index contributed by atoms with van der Waals surface area (Å²) in [5.74, 6) is 4.97. The fourth-order valence-electron chi connectivity index (χ4n) is 5.92. The molecule has 4 unspecified atom stereocenters. The van der Waals surface area contributed by atoms with Gasteiger partial charge in [0.1, 0.15) is 0 Å². The van der Waals surface area contributed by atoms with Crippen LogP contribution in [0.4, 0.5) is 0 Å². The van der Waals surface area contributed by atoms with Crippen LogP contribution in [-0.4, -0.2) is 0 Å². The standard InChI is InChI=1S/C20H40.C9H18.C2H6/c1-7-20(5,6)15-14-17-10-8-9-11-18(13-12-17)16-19(2,3)4;1-7(2)9-6-4-5-8(9)3;1-2/h17-18H,7-16H2,1-6H3;7-9H,4-6H2,1-3H3;1-2H3. The number of rotatable bonds is 6. The van der Waals surface area contributed by atoms with Gasteiger partial charge < -0.3 is 0 Å². The van der Waals surface area contributed by atoms with Crippen molar-refractivity contribution in [2.24, 2.45) is 40.4 Å². The first kappa shape index (κ1) is 31.0. The zero-order chi connectivity index (χ0) is 24.1. The molecule has 0 nitrogen and oxygen atoms in total. The van der Waals surface area contributed by atoms with Gasteiger partial charge in [0.2, 0.25) is 0 Å². The molecule has 0 bridgehead atoms. The lowest BCUT2D eigenvalue weighted by atomic mass is 9.75. The Morgan fingerprint density at radius 2 is 1.29 bits per heavy atom. The van der Waals surface area contributed by atoms with Crippen LogP contribution in [0.15, 0.2) is 0 Å². The van der Waals surface area contributed by atoms with Crippen LogP contribution in [0.25, 0.3) is 0 Å². The van der Waals surface area contributed by atoms with Gasteiger partial charge in [0, 0.05) is 0 Å². The Kier molecular flexibility index (Phi) is 15.8. The van der Waals surface area contributed by atoms with Crippen LogP contribution in [0, 0.1) is 40.4 Å². The van der Waals surface area contributed by atoms with Crippen LogP contribution in [-0.2, 0) is 0 Å². The molecule has 4 atom stereocenters. The van der Waals surface area contributed by atoms with Gasteiger partial charge in [-0.05, 0) is 66.1 Å². The maximum atomic E-state index is 2.44. The third kappa shape index (κ3) is 14.7. The molecule has 0 heterocycles. The summed E-state index contributed by atoms with van der Waals surface area (Å²) in [7, 11) is 0. The first-order chi connectivity index (χ1) is 14.4. The molecule has 2 rings (SSSR count). The zero-order valence-corrected chi connectivity index (χ0v) is 24.1. The molecule has 2 aliphatic carbocycles.